The van der Waals surface area contributed by atoms with Gasteiger partial charge in [-0.15, -0.1) is 10.2 Å². The highest BCUT2D eigenvalue weighted by Gasteiger charge is 2.31. The molecule has 1 unspecified atom stereocenters. The van der Waals surface area contributed by atoms with E-state index in [0.717, 1.165) is 51.3 Å². The van der Waals surface area contributed by atoms with Crippen LogP contribution in [0.1, 0.15) is 32.1 Å². The number of anilines is 1. The molecule has 0 spiro atoms. The maximum Gasteiger partial charge on any atom is 0.231 e. The van der Waals surface area contributed by atoms with Crippen molar-refractivity contribution in [3.63, 3.8) is 0 Å². The zero-order valence-corrected chi connectivity index (χ0v) is 14.5. The van der Waals surface area contributed by atoms with E-state index < -0.39 is 0 Å². The van der Waals surface area contributed by atoms with Gasteiger partial charge in [0.05, 0.1) is 10.9 Å². The van der Waals surface area contributed by atoms with Crippen molar-refractivity contribution in [3.8, 4) is 0 Å². The molecule has 2 aromatic rings. The number of carbonyl (C=O) groups excluding carboxylic acids is 1. The van der Waals surface area contributed by atoms with E-state index in [-0.39, 0.29) is 5.92 Å². The van der Waals surface area contributed by atoms with Gasteiger partial charge in [0, 0.05) is 32.4 Å². The van der Waals surface area contributed by atoms with E-state index in [9.17, 15) is 4.79 Å². The normalized spacial score (nSPS) is 22.1. The predicted octanol–water partition coefficient (Wildman–Crippen LogP) is 2.61. The molecular formula is C17H22ClN5O. The number of nitrogens with zero attached hydrogens (tertiary/aromatic N) is 5. The Kier molecular flexibility index (Phi) is 4.31. The first kappa shape index (κ1) is 15.7. The molecule has 0 bridgehead atoms. The molecule has 0 N–H and O–H groups in total. The van der Waals surface area contributed by atoms with E-state index in [1.165, 1.54) is 6.42 Å². The summed E-state index contributed by atoms with van der Waals surface area (Å²) < 4.78 is 1.91. The van der Waals surface area contributed by atoms with Gasteiger partial charge in [-0.05, 0) is 44.2 Å². The van der Waals surface area contributed by atoms with E-state index in [4.69, 9.17) is 11.6 Å². The van der Waals surface area contributed by atoms with Gasteiger partial charge in [0.1, 0.15) is 0 Å². The Labute approximate surface area is 146 Å². The fourth-order valence-electron chi connectivity index (χ4n) is 3.82. The number of amides is 1. The highest BCUT2D eigenvalue weighted by molar-refractivity contribution is 6.33. The van der Waals surface area contributed by atoms with Crippen LogP contribution < -0.4 is 4.90 Å². The maximum atomic E-state index is 12.8. The molecule has 2 aromatic heterocycles. The van der Waals surface area contributed by atoms with Crippen LogP contribution in [0, 0.1) is 5.92 Å². The Morgan fingerprint density at radius 2 is 1.96 bits per heavy atom. The minimum atomic E-state index is 0.0587. The molecule has 24 heavy (non-hydrogen) atoms. The first-order valence-electron chi connectivity index (χ1n) is 8.77. The van der Waals surface area contributed by atoms with Crippen molar-refractivity contribution < 1.29 is 4.79 Å². The van der Waals surface area contributed by atoms with Crippen molar-refractivity contribution in [1.82, 2.24) is 19.5 Å². The number of likely N-dealkylation sites (tertiary alicyclic amines) is 1. The van der Waals surface area contributed by atoms with Crippen LogP contribution in [0.3, 0.4) is 0 Å². The number of aromatic nitrogens is 3. The molecule has 6 nitrogen and oxygen atoms in total. The lowest BCUT2D eigenvalue weighted by Crippen LogP contribution is -2.46. The maximum absolute atomic E-state index is 12.8. The molecule has 2 fully saturated rings. The topological polar surface area (TPSA) is 53.7 Å². The van der Waals surface area contributed by atoms with Crippen LogP contribution in [0.15, 0.2) is 18.3 Å². The monoisotopic (exact) mass is 347 g/mol. The first-order valence-corrected chi connectivity index (χ1v) is 9.15. The molecule has 0 saturated carbocycles. The SMILES string of the molecule is O=C(C1CCCN(c2nnc3c(Cl)cccn23)C1)N1CCCCC1. The van der Waals surface area contributed by atoms with Crippen molar-refractivity contribution in [2.45, 2.75) is 32.1 Å². The quantitative estimate of drug-likeness (QED) is 0.838. The van der Waals surface area contributed by atoms with Gasteiger partial charge >= 0.3 is 0 Å². The summed E-state index contributed by atoms with van der Waals surface area (Å²) in [5, 5.41) is 9.10. The summed E-state index contributed by atoms with van der Waals surface area (Å²) in [5.74, 6) is 1.15. The lowest BCUT2D eigenvalue weighted by Gasteiger charge is -2.36. The van der Waals surface area contributed by atoms with Crippen LogP contribution in [0.25, 0.3) is 5.65 Å². The smallest absolute Gasteiger partial charge is 0.231 e. The summed E-state index contributed by atoms with van der Waals surface area (Å²) in [6.45, 7) is 3.44. The summed E-state index contributed by atoms with van der Waals surface area (Å²) in [7, 11) is 0. The number of pyridine rings is 1. The zero-order chi connectivity index (χ0) is 16.5. The summed E-state index contributed by atoms with van der Waals surface area (Å²) in [6.07, 6.45) is 7.40. The molecule has 2 aliphatic heterocycles. The second kappa shape index (κ2) is 6.59. The van der Waals surface area contributed by atoms with E-state index >= 15 is 0 Å². The lowest BCUT2D eigenvalue weighted by atomic mass is 9.95. The zero-order valence-electron chi connectivity index (χ0n) is 13.7. The molecule has 2 saturated heterocycles. The Bertz CT molecular complexity index is 740. The second-order valence-corrected chi connectivity index (χ2v) is 7.13. The number of hydrogen-bond donors (Lipinski definition) is 0. The largest absolute Gasteiger partial charge is 0.342 e. The molecule has 0 aromatic carbocycles. The van der Waals surface area contributed by atoms with Crippen LogP contribution in [0.5, 0.6) is 0 Å². The van der Waals surface area contributed by atoms with Gasteiger partial charge < -0.3 is 9.80 Å². The Balaban J connectivity index is 1.53. The third kappa shape index (κ3) is 2.83. The molecule has 0 aliphatic carbocycles. The van der Waals surface area contributed by atoms with Gasteiger partial charge in [0.25, 0.3) is 0 Å². The number of halogens is 1. The minimum Gasteiger partial charge on any atom is -0.342 e. The van der Waals surface area contributed by atoms with E-state index in [2.05, 4.69) is 20.0 Å². The van der Waals surface area contributed by atoms with Gasteiger partial charge in [-0.2, -0.15) is 0 Å². The second-order valence-electron chi connectivity index (χ2n) is 6.72. The fraction of sp³-hybridized carbons (Fsp3) is 0.588. The molecule has 128 valence electrons. The van der Waals surface area contributed by atoms with Gasteiger partial charge in [-0.3, -0.25) is 9.20 Å². The number of fused-ring (bicyclic) bond motifs is 1. The molecule has 7 heteroatoms. The van der Waals surface area contributed by atoms with Gasteiger partial charge in [0.15, 0.2) is 5.65 Å². The van der Waals surface area contributed by atoms with Crippen LogP contribution in [0.2, 0.25) is 5.02 Å². The van der Waals surface area contributed by atoms with Crippen molar-refractivity contribution in [3.05, 3.63) is 23.4 Å². The summed E-state index contributed by atoms with van der Waals surface area (Å²) in [4.78, 5) is 17.0. The first-order chi connectivity index (χ1) is 11.7. The van der Waals surface area contributed by atoms with Gasteiger partial charge in [-0.1, -0.05) is 11.6 Å². The third-order valence-corrected chi connectivity index (χ3v) is 5.39. The van der Waals surface area contributed by atoms with Crippen molar-refractivity contribution in [2.75, 3.05) is 31.1 Å². The fourth-order valence-corrected chi connectivity index (χ4v) is 4.02. The number of hydrogen-bond acceptors (Lipinski definition) is 4. The number of piperidine rings is 2. The van der Waals surface area contributed by atoms with Crippen LogP contribution >= 0.6 is 11.6 Å². The minimum absolute atomic E-state index is 0.0587. The van der Waals surface area contributed by atoms with Crippen LogP contribution in [0.4, 0.5) is 5.95 Å². The molecule has 4 rings (SSSR count). The molecule has 1 amide bonds. The molecule has 1 atom stereocenters. The average molecular weight is 348 g/mol. The predicted molar refractivity (Wildman–Crippen MR) is 93.4 cm³/mol. The molecule has 0 radical (unpaired) electrons. The molecule has 4 heterocycles. The Morgan fingerprint density at radius 3 is 2.79 bits per heavy atom. The van der Waals surface area contributed by atoms with Gasteiger partial charge in [-0.25, -0.2) is 0 Å². The summed E-state index contributed by atoms with van der Waals surface area (Å²) >= 11 is 6.19. The van der Waals surface area contributed by atoms with E-state index in [1.54, 1.807) is 0 Å². The number of carbonyl (C=O) groups is 1. The van der Waals surface area contributed by atoms with E-state index in [1.807, 2.05) is 22.7 Å². The highest BCUT2D eigenvalue weighted by atomic mass is 35.5. The summed E-state index contributed by atoms with van der Waals surface area (Å²) in [6, 6.07) is 3.71. The summed E-state index contributed by atoms with van der Waals surface area (Å²) in [5.41, 5.74) is 0.665. The van der Waals surface area contributed by atoms with Crippen LogP contribution in [-0.4, -0.2) is 51.6 Å². The molecular weight excluding hydrogens is 326 g/mol. The average Bonchev–Trinajstić information content (AvgIpc) is 3.07. The van der Waals surface area contributed by atoms with Crippen LogP contribution in [-0.2, 0) is 4.79 Å². The standard InChI is InChI=1S/C17H22ClN5O/c18-14-7-5-11-23-15(14)19-20-17(23)22-10-4-6-13(12-22)16(24)21-8-2-1-3-9-21/h5,7,11,13H,1-4,6,8-10,12H2. The third-order valence-electron chi connectivity index (χ3n) is 5.09. The van der Waals surface area contributed by atoms with Crippen molar-refractivity contribution in [1.29, 1.82) is 0 Å². The van der Waals surface area contributed by atoms with Crippen molar-refractivity contribution in [2.24, 2.45) is 5.92 Å². The number of rotatable bonds is 2. The Hall–Kier alpha value is -1.82. The van der Waals surface area contributed by atoms with E-state index in [0.29, 0.717) is 23.1 Å². The van der Waals surface area contributed by atoms with Crippen molar-refractivity contribution >= 4 is 29.1 Å². The Morgan fingerprint density at radius 1 is 1.12 bits per heavy atom. The highest BCUT2D eigenvalue weighted by Crippen LogP contribution is 2.26. The lowest BCUT2D eigenvalue weighted by molar-refractivity contribution is -0.136. The molecule has 2 aliphatic rings. The van der Waals surface area contributed by atoms with Gasteiger partial charge in [0.2, 0.25) is 11.9 Å².